The van der Waals surface area contributed by atoms with Gasteiger partial charge in [0.05, 0.1) is 0 Å². The molecule has 0 saturated carbocycles. The molecule has 0 spiro atoms. The maximum Gasteiger partial charge on any atom is 0.321 e. The number of hydrogen-bond donors (Lipinski definition) is 1. The second-order valence-corrected chi connectivity index (χ2v) is 6.82. The van der Waals surface area contributed by atoms with Crippen LogP contribution < -0.4 is 4.90 Å². The highest BCUT2D eigenvalue weighted by atomic mass is 16.4. The molecule has 4 rings (SSSR count). The third kappa shape index (κ3) is 3.35. The lowest BCUT2D eigenvalue weighted by Crippen LogP contribution is -2.45. The van der Waals surface area contributed by atoms with E-state index in [0.29, 0.717) is 19.5 Å². The van der Waals surface area contributed by atoms with Gasteiger partial charge in [0.2, 0.25) is 5.95 Å². The summed E-state index contributed by atoms with van der Waals surface area (Å²) in [4.78, 5) is 24.9. The lowest BCUT2D eigenvalue weighted by atomic mass is 9.93. The zero-order valence-electron chi connectivity index (χ0n) is 14.1. The van der Waals surface area contributed by atoms with Gasteiger partial charge >= 0.3 is 5.97 Å². The summed E-state index contributed by atoms with van der Waals surface area (Å²) in [6.45, 7) is 3.22. The minimum Gasteiger partial charge on any atom is -0.480 e. The van der Waals surface area contributed by atoms with E-state index in [1.54, 1.807) is 0 Å². The predicted molar refractivity (Wildman–Crippen MR) is 94.3 cm³/mol. The number of anilines is 1. The number of benzene rings is 1. The highest BCUT2D eigenvalue weighted by Gasteiger charge is 2.31. The largest absolute Gasteiger partial charge is 0.480 e. The van der Waals surface area contributed by atoms with Gasteiger partial charge in [0.1, 0.15) is 6.04 Å². The minimum absolute atomic E-state index is 0.506. The zero-order chi connectivity index (χ0) is 17.2. The van der Waals surface area contributed by atoms with Crippen molar-refractivity contribution in [2.24, 2.45) is 0 Å². The van der Waals surface area contributed by atoms with Crippen LogP contribution in [0.5, 0.6) is 0 Å². The van der Waals surface area contributed by atoms with Crippen molar-refractivity contribution < 1.29 is 9.90 Å². The van der Waals surface area contributed by atoms with E-state index in [2.05, 4.69) is 20.9 Å². The first-order chi connectivity index (χ1) is 12.2. The molecule has 1 saturated heterocycles. The van der Waals surface area contributed by atoms with E-state index < -0.39 is 12.0 Å². The average molecular weight is 338 g/mol. The summed E-state index contributed by atoms with van der Waals surface area (Å²) >= 11 is 0. The Balaban J connectivity index is 1.51. The number of fused-ring (bicyclic) bond motifs is 1. The Morgan fingerprint density at radius 2 is 1.80 bits per heavy atom. The monoisotopic (exact) mass is 338 g/mol. The van der Waals surface area contributed by atoms with Gasteiger partial charge in [0.25, 0.3) is 0 Å². The molecule has 0 radical (unpaired) electrons. The number of hydrogen-bond acceptors (Lipinski definition) is 5. The van der Waals surface area contributed by atoms with Crippen LogP contribution in [0, 0.1) is 0 Å². The maximum atomic E-state index is 11.7. The van der Waals surface area contributed by atoms with Crippen LogP contribution in [0.15, 0.2) is 36.7 Å². The van der Waals surface area contributed by atoms with E-state index >= 15 is 0 Å². The number of rotatable bonds is 4. The Morgan fingerprint density at radius 1 is 1.12 bits per heavy atom. The van der Waals surface area contributed by atoms with E-state index in [0.717, 1.165) is 30.2 Å². The molecule has 1 aromatic carbocycles. The summed E-state index contributed by atoms with van der Waals surface area (Å²) in [5, 5.41) is 9.62. The Morgan fingerprint density at radius 3 is 2.48 bits per heavy atom. The van der Waals surface area contributed by atoms with E-state index in [9.17, 15) is 9.90 Å². The van der Waals surface area contributed by atoms with Gasteiger partial charge in [-0.2, -0.15) is 0 Å². The molecule has 1 atom stereocenters. The van der Waals surface area contributed by atoms with Crippen LogP contribution in [0.25, 0.3) is 0 Å². The van der Waals surface area contributed by atoms with Crippen molar-refractivity contribution in [1.82, 2.24) is 14.9 Å². The molecule has 130 valence electrons. The molecule has 2 aromatic rings. The first-order valence-corrected chi connectivity index (χ1v) is 8.80. The molecule has 3 heterocycles. The van der Waals surface area contributed by atoms with E-state index in [4.69, 9.17) is 0 Å². The van der Waals surface area contributed by atoms with Crippen LogP contribution in [0.4, 0.5) is 5.95 Å². The molecule has 2 aliphatic rings. The van der Waals surface area contributed by atoms with E-state index in [1.807, 2.05) is 35.5 Å². The molecule has 1 aromatic heterocycles. The molecule has 1 N–H and O–H groups in total. The SMILES string of the molecule is O=C(O)C1Cc2ccccc2CN1Cc1cnc(N2CCCC2)nc1. The molecule has 0 aliphatic carbocycles. The number of carbonyl (C=O) groups is 1. The Bertz CT molecular complexity index is 756. The van der Waals surface area contributed by atoms with E-state index in [-0.39, 0.29) is 0 Å². The normalized spacial score (nSPS) is 20.5. The summed E-state index contributed by atoms with van der Waals surface area (Å²) in [6, 6.07) is 7.57. The van der Waals surface area contributed by atoms with Crippen molar-refractivity contribution in [3.63, 3.8) is 0 Å². The van der Waals surface area contributed by atoms with Gasteiger partial charge in [-0.05, 0) is 30.4 Å². The molecular formula is C19H22N4O2. The van der Waals surface area contributed by atoms with Gasteiger partial charge in [-0.1, -0.05) is 24.3 Å². The zero-order valence-corrected chi connectivity index (χ0v) is 14.1. The van der Waals surface area contributed by atoms with Gasteiger partial charge in [-0.3, -0.25) is 9.69 Å². The van der Waals surface area contributed by atoms with Crippen LogP contribution in [0.2, 0.25) is 0 Å². The lowest BCUT2D eigenvalue weighted by Gasteiger charge is -2.34. The van der Waals surface area contributed by atoms with Gasteiger partial charge in [0, 0.05) is 44.1 Å². The van der Waals surface area contributed by atoms with Gasteiger partial charge in [0.15, 0.2) is 0 Å². The topological polar surface area (TPSA) is 69.6 Å². The van der Waals surface area contributed by atoms with Crippen molar-refractivity contribution >= 4 is 11.9 Å². The van der Waals surface area contributed by atoms with Gasteiger partial charge in [-0.15, -0.1) is 0 Å². The first kappa shape index (κ1) is 16.0. The second kappa shape index (κ2) is 6.80. The molecule has 1 fully saturated rings. The number of aromatic nitrogens is 2. The Labute approximate surface area is 147 Å². The predicted octanol–water partition coefficient (Wildman–Crippen LogP) is 2.09. The summed E-state index contributed by atoms with van der Waals surface area (Å²) in [6.07, 6.45) is 6.59. The number of aliphatic carboxylic acids is 1. The third-order valence-electron chi connectivity index (χ3n) is 5.10. The first-order valence-electron chi connectivity index (χ1n) is 8.80. The standard InChI is InChI=1S/C19H22N4O2/c24-18(25)17-9-15-5-1-2-6-16(15)13-23(17)12-14-10-20-19(21-11-14)22-7-3-4-8-22/h1-2,5-6,10-11,17H,3-4,7-9,12-13H2,(H,24,25). The summed E-state index contributed by atoms with van der Waals surface area (Å²) in [5.74, 6) is 0.00383. The fraction of sp³-hybridized carbons (Fsp3) is 0.421. The molecule has 0 amide bonds. The van der Waals surface area contributed by atoms with Gasteiger partial charge < -0.3 is 10.0 Å². The highest BCUT2D eigenvalue weighted by molar-refractivity contribution is 5.74. The summed E-state index contributed by atoms with van der Waals surface area (Å²) in [5.41, 5.74) is 3.29. The van der Waals surface area contributed by atoms with Crippen molar-refractivity contribution in [3.05, 3.63) is 53.3 Å². The summed E-state index contributed by atoms with van der Waals surface area (Å²) < 4.78 is 0. The van der Waals surface area contributed by atoms with Crippen molar-refractivity contribution in [2.45, 2.75) is 38.4 Å². The maximum absolute atomic E-state index is 11.7. The van der Waals surface area contributed by atoms with Crippen LogP contribution in [0.1, 0.15) is 29.5 Å². The fourth-order valence-electron chi connectivity index (χ4n) is 3.73. The third-order valence-corrected chi connectivity index (χ3v) is 5.10. The molecular weight excluding hydrogens is 316 g/mol. The number of carboxylic acid groups (broad SMARTS) is 1. The molecule has 2 aliphatic heterocycles. The van der Waals surface area contributed by atoms with Crippen LogP contribution in [0.3, 0.4) is 0 Å². The van der Waals surface area contributed by atoms with Crippen molar-refractivity contribution in [3.8, 4) is 0 Å². The lowest BCUT2D eigenvalue weighted by molar-refractivity contribution is -0.144. The number of nitrogens with zero attached hydrogens (tertiary/aromatic N) is 4. The average Bonchev–Trinajstić information content (AvgIpc) is 3.16. The molecule has 6 heteroatoms. The Kier molecular flexibility index (Phi) is 4.36. The quantitative estimate of drug-likeness (QED) is 0.920. The van der Waals surface area contributed by atoms with Gasteiger partial charge in [-0.25, -0.2) is 9.97 Å². The smallest absolute Gasteiger partial charge is 0.321 e. The molecule has 25 heavy (non-hydrogen) atoms. The van der Waals surface area contributed by atoms with Crippen molar-refractivity contribution in [2.75, 3.05) is 18.0 Å². The molecule has 0 bridgehead atoms. The molecule has 6 nitrogen and oxygen atoms in total. The fourth-order valence-corrected chi connectivity index (χ4v) is 3.73. The highest BCUT2D eigenvalue weighted by Crippen LogP contribution is 2.25. The minimum atomic E-state index is -0.774. The Hall–Kier alpha value is -2.47. The van der Waals surface area contributed by atoms with Crippen molar-refractivity contribution in [1.29, 1.82) is 0 Å². The summed E-state index contributed by atoms with van der Waals surface area (Å²) in [7, 11) is 0. The second-order valence-electron chi connectivity index (χ2n) is 6.82. The van der Waals surface area contributed by atoms with E-state index in [1.165, 1.54) is 18.4 Å². The van der Waals surface area contributed by atoms with Crippen LogP contribution in [-0.2, 0) is 24.3 Å². The molecule has 1 unspecified atom stereocenters. The van der Waals surface area contributed by atoms with Crippen LogP contribution >= 0.6 is 0 Å². The van der Waals surface area contributed by atoms with Crippen LogP contribution in [-0.4, -0.2) is 45.1 Å². The number of carboxylic acids is 1.